The molecule has 0 aromatic carbocycles. The summed E-state index contributed by atoms with van der Waals surface area (Å²) < 4.78 is 4.09. The SMILES string of the molecule is CNCc1c(Sc2nnc3ccccn23)nc2sccn12. The van der Waals surface area contributed by atoms with Crippen LogP contribution in [0.3, 0.4) is 0 Å². The normalized spacial score (nSPS) is 11.7. The maximum atomic E-state index is 4.70. The molecule has 0 bridgehead atoms. The highest BCUT2D eigenvalue weighted by Crippen LogP contribution is 2.30. The van der Waals surface area contributed by atoms with Crippen LogP contribution in [0.15, 0.2) is 46.2 Å². The molecule has 0 fully saturated rings. The largest absolute Gasteiger partial charge is 0.314 e. The molecule has 0 aliphatic carbocycles. The lowest BCUT2D eigenvalue weighted by Crippen LogP contribution is -2.08. The lowest BCUT2D eigenvalue weighted by atomic mass is 10.5. The van der Waals surface area contributed by atoms with Crippen molar-refractivity contribution in [3.05, 3.63) is 41.7 Å². The molecule has 4 aromatic rings. The fraction of sp³-hybridized carbons (Fsp3) is 0.154. The van der Waals surface area contributed by atoms with E-state index in [0.717, 1.165) is 33.0 Å². The molecule has 0 spiro atoms. The van der Waals surface area contributed by atoms with E-state index in [9.17, 15) is 0 Å². The van der Waals surface area contributed by atoms with E-state index in [2.05, 4.69) is 19.9 Å². The average Bonchev–Trinajstić information content (AvgIpc) is 3.18. The summed E-state index contributed by atoms with van der Waals surface area (Å²) >= 11 is 3.18. The third-order valence-corrected chi connectivity index (χ3v) is 4.88. The van der Waals surface area contributed by atoms with Crippen LogP contribution in [0.4, 0.5) is 0 Å². The molecule has 21 heavy (non-hydrogen) atoms. The standard InChI is InChI=1S/C13H12N6S2/c1-14-8-9-11(15-12-18(9)6-7-20-12)21-13-17-16-10-4-2-3-5-19(10)13/h2-7,14H,8H2,1H3. The maximum absolute atomic E-state index is 4.70. The van der Waals surface area contributed by atoms with Gasteiger partial charge in [0.05, 0.1) is 5.69 Å². The first-order chi connectivity index (χ1) is 10.4. The second-order valence-corrected chi connectivity index (χ2v) is 6.29. The summed E-state index contributed by atoms with van der Waals surface area (Å²) in [5, 5.41) is 15.5. The van der Waals surface area contributed by atoms with Crippen molar-refractivity contribution >= 4 is 33.7 Å². The van der Waals surface area contributed by atoms with Crippen LogP contribution in [0.5, 0.6) is 0 Å². The fourth-order valence-electron chi connectivity index (χ4n) is 2.20. The van der Waals surface area contributed by atoms with Crippen molar-refractivity contribution in [2.45, 2.75) is 16.7 Å². The molecule has 0 atom stereocenters. The molecular formula is C13H12N6S2. The molecule has 6 nitrogen and oxygen atoms in total. The van der Waals surface area contributed by atoms with E-state index >= 15 is 0 Å². The summed E-state index contributed by atoms with van der Waals surface area (Å²) in [7, 11) is 1.94. The highest BCUT2D eigenvalue weighted by molar-refractivity contribution is 7.99. The second kappa shape index (κ2) is 5.14. The fourth-order valence-corrected chi connectivity index (χ4v) is 3.92. The molecule has 0 saturated carbocycles. The maximum Gasteiger partial charge on any atom is 0.201 e. The van der Waals surface area contributed by atoms with Crippen LogP contribution in [0.25, 0.3) is 10.6 Å². The quantitative estimate of drug-likeness (QED) is 0.626. The molecule has 0 unspecified atom stereocenters. The smallest absolute Gasteiger partial charge is 0.201 e. The van der Waals surface area contributed by atoms with Gasteiger partial charge < -0.3 is 5.32 Å². The van der Waals surface area contributed by atoms with Crippen molar-refractivity contribution in [2.75, 3.05) is 7.05 Å². The van der Waals surface area contributed by atoms with Crippen molar-refractivity contribution in [3.8, 4) is 0 Å². The number of hydrogen-bond donors (Lipinski definition) is 1. The van der Waals surface area contributed by atoms with E-state index in [4.69, 9.17) is 4.98 Å². The summed E-state index contributed by atoms with van der Waals surface area (Å²) in [6, 6.07) is 5.87. The molecule has 0 saturated heterocycles. The minimum absolute atomic E-state index is 0.761. The Bertz CT molecular complexity index is 906. The van der Waals surface area contributed by atoms with Crippen LogP contribution < -0.4 is 5.32 Å². The van der Waals surface area contributed by atoms with Gasteiger partial charge in [0.1, 0.15) is 5.03 Å². The minimum atomic E-state index is 0.761. The Morgan fingerprint density at radius 1 is 1.24 bits per heavy atom. The van der Waals surface area contributed by atoms with Gasteiger partial charge in [-0.2, -0.15) is 0 Å². The van der Waals surface area contributed by atoms with E-state index in [0.29, 0.717) is 0 Å². The molecule has 0 aliphatic heterocycles. The van der Waals surface area contributed by atoms with Gasteiger partial charge in [0, 0.05) is 24.3 Å². The Morgan fingerprint density at radius 2 is 2.19 bits per heavy atom. The zero-order chi connectivity index (χ0) is 14.2. The van der Waals surface area contributed by atoms with Crippen LogP contribution in [0.1, 0.15) is 5.69 Å². The van der Waals surface area contributed by atoms with Crippen LogP contribution >= 0.6 is 23.1 Å². The molecule has 4 rings (SSSR count). The van der Waals surface area contributed by atoms with Crippen molar-refractivity contribution < 1.29 is 0 Å². The highest BCUT2D eigenvalue weighted by Gasteiger charge is 2.16. The minimum Gasteiger partial charge on any atom is -0.314 e. The third-order valence-electron chi connectivity index (χ3n) is 3.14. The van der Waals surface area contributed by atoms with Gasteiger partial charge in [-0.3, -0.25) is 8.80 Å². The number of nitrogens with one attached hydrogen (secondary N) is 1. The third kappa shape index (κ3) is 2.11. The molecular weight excluding hydrogens is 304 g/mol. The molecule has 4 aromatic heterocycles. The van der Waals surface area contributed by atoms with E-state index in [1.165, 1.54) is 0 Å². The summed E-state index contributed by atoms with van der Waals surface area (Å²) in [4.78, 5) is 5.69. The average molecular weight is 316 g/mol. The zero-order valence-electron chi connectivity index (χ0n) is 11.2. The topological polar surface area (TPSA) is 59.5 Å². The summed E-state index contributed by atoms with van der Waals surface area (Å²) in [5.74, 6) is 0. The number of nitrogens with zero attached hydrogens (tertiary/aromatic N) is 5. The van der Waals surface area contributed by atoms with E-state index in [1.807, 2.05) is 47.4 Å². The summed E-state index contributed by atoms with van der Waals surface area (Å²) in [6.45, 7) is 0.761. The number of pyridine rings is 1. The number of fused-ring (bicyclic) bond motifs is 2. The van der Waals surface area contributed by atoms with Crippen molar-refractivity contribution in [3.63, 3.8) is 0 Å². The van der Waals surface area contributed by atoms with Gasteiger partial charge in [0.25, 0.3) is 0 Å². The van der Waals surface area contributed by atoms with E-state index in [-0.39, 0.29) is 0 Å². The highest BCUT2D eigenvalue weighted by atomic mass is 32.2. The Morgan fingerprint density at radius 3 is 3.10 bits per heavy atom. The lowest BCUT2D eigenvalue weighted by Gasteiger charge is -2.02. The molecule has 0 amide bonds. The van der Waals surface area contributed by atoms with Crippen molar-refractivity contribution in [1.82, 2.24) is 29.3 Å². The molecule has 8 heteroatoms. The van der Waals surface area contributed by atoms with Crippen LogP contribution in [0, 0.1) is 0 Å². The Kier molecular flexibility index (Phi) is 3.13. The van der Waals surface area contributed by atoms with E-state index < -0.39 is 0 Å². The molecule has 106 valence electrons. The number of thiazole rings is 1. The van der Waals surface area contributed by atoms with Gasteiger partial charge in [0.2, 0.25) is 5.16 Å². The van der Waals surface area contributed by atoms with Gasteiger partial charge in [-0.1, -0.05) is 6.07 Å². The van der Waals surface area contributed by atoms with Crippen LogP contribution in [0.2, 0.25) is 0 Å². The van der Waals surface area contributed by atoms with Crippen LogP contribution in [-0.2, 0) is 6.54 Å². The van der Waals surface area contributed by atoms with Gasteiger partial charge in [0.15, 0.2) is 10.6 Å². The summed E-state index contributed by atoms with van der Waals surface area (Å²) in [5.41, 5.74) is 1.99. The molecule has 0 aliphatic rings. The molecule has 0 radical (unpaired) electrons. The van der Waals surface area contributed by atoms with Gasteiger partial charge in [-0.05, 0) is 30.9 Å². The Hall–Kier alpha value is -1.90. The predicted octanol–water partition coefficient (Wildman–Crippen LogP) is 2.31. The number of rotatable bonds is 4. The first-order valence-electron chi connectivity index (χ1n) is 6.43. The number of aromatic nitrogens is 5. The predicted molar refractivity (Wildman–Crippen MR) is 82.9 cm³/mol. The van der Waals surface area contributed by atoms with Crippen LogP contribution in [-0.4, -0.2) is 31.0 Å². The Balaban J connectivity index is 1.79. The first-order valence-corrected chi connectivity index (χ1v) is 8.13. The monoisotopic (exact) mass is 316 g/mol. The van der Waals surface area contributed by atoms with Gasteiger partial charge in [-0.25, -0.2) is 4.98 Å². The second-order valence-electron chi connectivity index (χ2n) is 4.46. The van der Waals surface area contributed by atoms with Crippen molar-refractivity contribution in [1.29, 1.82) is 0 Å². The molecule has 4 heterocycles. The van der Waals surface area contributed by atoms with Crippen molar-refractivity contribution in [2.24, 2.45) is 0 Å². The summed E-state index contributed by atoms with van der Waals surface area (Å²) in [6.07, 6.45) is 4.01. The van der Waals surface area contributed by atoms with E-state index in [1.54, 1.807) is 23.1 Å². The Labute approximate surface area is 128 Å². The first kappa shape index (κ1) is 12.8. The van der Waals surface area contributed by atoms with Gasteiger partial charge >= 0.3 is 0 Å². The molecule has 1 N–H and O–H groups in total. The lowest BCUT2D eigenvalue weighted by molar-refractivity contribution is 0.764. The number of imidazole rings is 1. The number of hydrogen-bond acceptors (Lipinski definition) is 6. The zero-order valence-corrected chi connectivity index (χ0v) is 12.9. The van der Waals surface area contributed by atoms with Gasteiger partial charge in [-0.15, -0.1) is 21.5 Å².